The molecule has 1 aromatic rings. The standard InChI is InChI=1S/C10H12BrNO2S/c11-8-12(9-6-7-9)15(13,14)10-4-2-1-3-5-10/h1-5,9H,6-8H2. The van der Waals surface area contributed by atoms with Gasteiger partial charge in [0.1, 0.15) is 0 Å². The molecule has 0 spiro atoms. The first-order chi connectivity index (χ1) is 7.16. The smallest absolute Gasteiger partial charge is 0.207 e. The Morgan fingerprint density at radius 3 is 2.33 bits per heavy atom. The van der Waals surface area contributed by atoms with Crippen molar-refractivity contribution < 1.29 is 8.42 Å². The number of nitrogens with zero attached hydrogens (tertiary/aromatic N) is 1. The maximum atomic E-state index is 12.1. The Bertz CT molecular complexity index is 428. The highest BCUT2D eigenvalue weighted by Gasteiger charge is 2.37. The van der Waals surface area contributed by atoms with E-state index in [1.165, 1.54) is 4.31 Å². The summed E-state index contributed by atoms with van der Waals surface area (Å²) < 4.78 is 25.8. The topological polar surface area (TPSA) is 37.4 Å². The normalized spacial score (nSPS) is 16.9. The van der Waals surface area contributed by atoms with Crippen LogP contribution in [-0.4, -0.2) is 24.2 Å². The summed E-state index contributed by atoms with van der Waals surface area (Å²) in [4.78, 5) is 0.372. The first-order valence-electron chi connectivity index (χ1n) is 4.79. The lowest BCUT2D eigenvalue weighted by Gasteiger charge is -2.18. The van der Waals surface area contributed by atoms with Crippen molar-refractivity contribution in [3.05, 3.63) is 30.3 Å². The van der Waals surface area contributed by atoms with Gasteiger partial charge in [-0.15, -0.1) is 0 Å². The van der Waals surface area contributed by atoms with Crippen LogP contribution in [0.1, 0.15) is 12.8 Å². The van der Waals surface area contributed by atoms with Gasteiger partial charge in [-0.05, 0) is 25.0 Å². The molecule has 15 heavy (non-hydrogen) atoms. The second-order valence-corrected chi connectivity index (χ2v) is 5.95. The van der Waals surface area contributed by atoms with E-state index < -0.39 is 10.0 Å². The largest absolute Gasteiger partial charge is 0.244 e. The lowest BCUT2D eigenvalue weighted by molar-refractivity contribution is 0.456. The molecule has 0 saturated heterocycles. The number of sulfonamides is 1. The summed E-state index contributed by atoms with van der Waals surface area (Å²) in [6.07, 6.45) is 1.94. The van der Waals surface area contributed by atoms with Gasteiger partial charge >= 0.3 is 0 Å². The molecular formula is C10H12BrNO2S. The van der Waals surface area contributed by atoms with Crippen LogP contribution in [0, 0.1) is 0 Å². The summed E-state index contributed by atoms with van der Waals surface area (Å²) in [5, 5.41) is 0. The molecule has 1 saturated carbocycles. The van der Waals surface area contributed by atoms with E-state index in [0.29, 0.717) is 10.3 Å². The summed E-state index contributed by atoms with van der Waals surface area (Å²) in [5.74, 6) is 0. The summed E-state index contributed by atoms with van der Waals surface area (Å²) in [7, 11) is -3.30. The van der Waals surface area contributed by atoms with Crippen LogP contribution >= 0.6 is 15.9 Å². The van der Waals surface area contributed by atoms with Crippen LogP contribution < -0.4 is 0 Å². The molecule has 0 aromatic heterocycles. The summed E-state index contributed by atoms with van der Waals surface area (Å²) >= 11 is 3.24. The Balaban J connectivity index is 2.33. The van der Waals surface area contributed by atoms with Gasteiger partial charge in [0.05, 0.1) is 10.3 Å². The van der Waals surface area contributed by atoms with E-state index in [1.54, 1.807) is 24.3 Å². The number of hydrogen-bond acceptors (Lipinski definition) is 2. The van der Waals surface area contributed by atoms with Crippen molar-refractivity contribution in [3.63, 3.8) is 0 Å². The zero-order valence-electron chi connectivity index (χ0n) is 8.14. The fourth-order valence-electron chi connectivity index (χ4n) is 1.45. The molecule has 1 aromatic carbocycles. The minimum atomic E-state index is -3.30. The van der Waals surface area contributed by atoms with Crippen LogP contribution in [0.25, 0.3) is 0 Å². The van der Waals surface area contributed by atoms with Crippen molar-refractivity contribution in [1.29, 1.82) is 0 Å². The molecule has 0 aliphatic heterocycles. The fourth-order valence-corrected chi connectivity index (χ4v) is 4.17. The molecule has 0 bridgehead atoms. The Labute approximate surface area is 98.3 Å². The molecule has 2 rings (SSSR count). The monoisotopic (exact) mass is 289 g/mol. The first kappa shape index (κ1) is 11.1. The molecular weight excluding hydrogens is 278 g/mol. The second kappa shape index (κ2) is 4.23. The van der Waals surface area contributed by atoms with Gasteiger partial charge in [-0.25, -0.2) is 8.42 Å². The molecule has 1 aliphatic carbocycles. The van der Waals surface area contributed by atoms with Gasteiger partial charge in [0.2, 0.25) is 10.0 Å². The third-order valence-corrected chi connectivity index (χ3v) is 5.21. The van der Waals surface area contributed by atoms with Gasteiger partial charge in [-0.2, -0.15) is 4.31 Å². The molecule has 0 unspecified atom stereocenters. The van der Waals surface area contributed by atoms with Gasteiger partial charge < -0.3 is 0 Å². The zero-order valence-corrected chi connectivity index (χ0v) is 10.5. The minimum Gasteiger partial charge on any atom is -0.207 e. The molecule has 0 heterocycles. The van der Waals surface area contributed by atoms with E-state index >= 15 is 0 Å². The summed E-state index contributed by atoms with van der Waals surface area (Å²) in [6, 6.07) is 8.75. The Hall–Kier alpha value is -0.390. The predicted octanol–water partition coefficient (Wildman–Crippen LogP) is 2.19. The van der Waals surface area contributed by atoms with E-state index in [1.807, 2.05) is 6.07 Å². The van der Waals surface area contributed by atoms with Gasteiger partial charge in [-0.3, -0.25) is 0 Å². The number of benzene rings is 1. The molecule has 5 heteroatoms. The molecule has 0 atom stereocenters. The Morgan fingerprint density at radius 2 is 1.87 bits per heavy atom. The number of alkyl halides is 1. The Morgan fingerprint density at radius 1 is 1.27 bits per heavy atom. The highest BCUT2D eigenvalue weighted by molar-refractivity contribution is 9.09. The van der Waals surface area contributed by atoms with E-state index in [-0.39, 0.29) is 6.04 Å². The highest BCUT2D eigenvalue weighted by atomic mass is 79.9. The maximum absolute atomic E-state index is 12.1. The SMILES string of the molecule is O=S(=O)(c1ccccc1)N(CBr)C1CC1. The van der Waals surface area contributed by atoms with Gasteiger partial charge in [0.15, 0.2) is 0 Å². The van der Waals surface area contributed by atoms with Gasteiger partial charge in [0.25, 0.3) is 0 Å². The van der Waals surface area contributed by atoms with Crippen LogP contribution in [0.4, 0.5) is 0 Å². The van der Waals surface area contributed by atoms with Crippen LogP contribution in [0.5, 0.6) is 0 Å². The molecule has 0 amide bonds. The third-order valence-electron chi connectivity index (χ3n) is 2.42. The van der Waals surface area contributed by atoms with E-state index in [0.717, 1.165) is 12.8 Å². The highest BCUT2D eigenvalue weighted by Crippen LogP contribution is 2.32. The van der Waals surface area contributed by atoms with E-state index in [2.05, 4.69) is 15.9 Å². The molecule has 82 valence electrons. The van der Waals surface area contributed by atoms with Crippen molar-refractivity contribution >= 4 is 26.0 Å². The first-order valence-corrected chi connectivity index (χ1v) is 7.35. The van der Waals surface area contributed by atoms with Crippen molar-refractivity contribution in [2.45, 2.75) is 23.8 Å². The average Bonchev–Trinajstić information content (AvgIpc) is 3.04. The molecule has 0 N–H and O–H groups in total. The van der Waals surface area contributed by atoms with Crippen molar-refractivity contribution in [1.82, 2.24) is 4.31 Å². The quantitative estimate of drug-likeness (QED) is 0.629. The van der Waals surface area contributed by atoms with E-state index in [9.17, 15) is 8.42 Å². The second-order valence-electron chi connectivity index (χ2n) is 3.56. The average molecular weight is 290 g/mol. The van der Waals surface area contributed by atoms with Gasteiger partial charge in [0, 0.05) is 6.04 Å². The summed E-state index contributed by atoms with van der Waals surface area (Å²) in [5.41, 5.74) is 0.370. The van der Waals surface area contributed by atoms with Crippen molar-refractivity contribution in [3.8, 4) is 0 Å². The van der Waals surface area contributed by atoms with Crippen molar-refractivity contribution in [2.24, 2.45) is 0 Å². The van der Waals surface area contributed by atoms with Crippen LogP contribution in [0.15, 0.2) is 35.2 Å². The maximum Gasteiger partial charge on any atom is 0.244 e. The summed E-state index contributed by atoms with van der Waals surface area (Å²) in [6.45, 7) is 0. The van der Waals surface area contributed by atoms with Crippen LogP contribution in [0.2, 0.25) is 0 Å². The van der Waals surface area contributed by atoms with Crippen LogP contribution in [-0.2, 0) is 10.0 Å². The molecule has 1 fully saturated rings. The Kier molecular flexibility index (Phi) is 3.13. The predicted molar refractivity (Wildman–Crippen MR) is 62.3 cm³/mol. The minimum absolute atomic E-state index is 0.189. The van der Waals surface area contributed by atoms with Crippen molar-refractivity contribution in [2.75, 3.05) is 5.45 Å². The zero-order chi connectivity index (χ0) is 10.9. The molecule has 0 radical (unpaired) electrons. The number of rotatable bonds is 4. The van der Waals surface area contributed by atoms with Gasteiger partial charge in [-0.1, -0.05) is 34.1 Å². The lowest BCUT2D eigenvalue weighted by Crippen LogP contribution is -2.31. The van der Waals surface area contributed by atoms with E-state index in [4.69, 9.17) is 0 Å². The third kappa shape index (κ3) is 2.24. The fraction of sp³-hybridized carbons (Fsp3) is 0.400. The number of hydrogen-bond donors (Lipinski definition) is 0. The lowest BCUT2D eigenvalue weighted by atomic mass is 10.4. The van der Waals surface area contributed by atoms with Crippen LogP contribution in [0.3, 0.4) is 0 Å². The molecule has 3 nitrogen and oxygen atoms in total. The molecule has 1 aliphatic rings. The number of halogens is 1.